The molecular weight excluding hydrogens is 184 g/mol. The summed E-state index contributed by atoms with van der Waals surface area (Å²) in [4.78, 5) is 0. The van der Waals surface area contributed by atoms with Gasteiger partial charge in [0.2, 0.25) is 0 Å². The van der Waals surface area contributed by atoms with Crippen molar-refractivity contribution in [2.24, 2.45) is 0 Å². The van der Waals surface area contributed by atoms with Crippen LogP contribution in [0.3, 0.4) is 0 Å². The minimum absolute atomic E-state index is 0.787. The Morgan fingerprint density at radius 1 is 1.00 bits per heavy atom. The number of fused-ring (bicyclic) bond motifs is 1. The van der Waals surface area contributed by atoms with Gasteiger partial charge in [-0.25, -0.2) is 0 Å². The predicted octanol–water partition coefficient (Wildman–Crippen LogP) is 3.38. The molecule has 0 fully saturated rings. The average Bonchev–Trinajstić information content (AvgIpc) is 2.15. The van der Waals surface area contributed by atoms with E-state index >= 15 is 0 Å². The molecule has 2 rings (SSSR count). The van der Waals surface area contributed by atoms with Gasteiger partial charge >= 0.3 is 0 Å². The van der Waals surface area contributed by atoms with Crippen molar-refractivity contribution in [2.75, 3.05) is 0 Å². The predicted molar refractivity (Wildman–Crippen MR) is 63.9 cm³/mol. The van der Waals surface area contributed by atoms with Gasteiger partial charge in [0.25, 0.3) is 0 Å². The number of benzene rings is 2. The first kappa shape index (κ1) is 10.2. The molecule has 15 heavy (non-hydrogen) atoms. The second kappa shape index (κ2) is 3.35. The Morgan fingerprint density at radius 2 is 1.67 bits per heavy atom. The second-order valence-corrected chi connectivity index (χ2v) is 4.54. The molecule has 0 bridgehead atoms. The van der Waals surface area contributed by atoms with Crippen LogP contribution in [0.5, 0.6) is 0 Å². The lowest BCUT2D eigenvalue weighted by atomic mass is 9.89. The van der Waals surface area contributed by atoms with Gasteiger partial charge in [-0.2, -0.15) is 0 Å². The Kier molecular flexibility index (Phi) is 2.28. The minimum Gasteiger partial charge on any atom is -0.386 e. The molecule has 0 aromatic heterocycles. The lowest BCUT2D eigenvalue weighted by Gasteiger charge is -2.22. The largest absolute Gasteiger partial charge is 0.386 e. The highest BCUT2D eigenvalue weighted by molar-refractivity contribution is 5.87. The SMILES string of the molecule is Cc1ccc2ccccc2c1C(C)(C)O. The molecule has 0 amide bonds. The van der Waals surface area contributed by atoms with Crippen LogP contribution in [0.15, 0.2) is 36.4 Å². The maximum absolute atomic E-state index is 10.2. The van der Waals surface area contributed by atoms with E-state index in [2.05, 4.69) is 24.3 Å². The summed E-state index contributed by atoms with van der Waals surface area (Å²) in [6, 6.07) is 12.3. The van der Waals surface area contributed by atoms with Gasteiger partial charge in [0.1, 0.15) is 0 Å². The fourth-order valence-corrected chi connectivity index (χ4v) is 2.19. The summed E-state index contributed by atoms with van der Waals surface area (Å²) in [6.45, 7) is 5.71. The second-order valence-electron chi connectivity index (χ2n) is 4.54. The van der Waals surface area contributed by atoms with E-state index in [-0.39, 0.29) is 0 Å². The zero-order valence-electron chi connectivity index (χ0n) is 9.41. The molecule has 2 aromatic carbocycles. The van der Waals surface area contributed by atoms with Crippen LogP contribution in [0.25, 0.3) is 10.8 Å². The number of aryl methyl sites for hydroxylation is 1. The van der Waals surface area contributed by atoms with Crippen LogP contribution in [-0.2, 0) is 5.60 Å². The van der Waals surface area contributed by atoms with Crippen LogP contribution < -0.4 is 0 Å². The van der Waals surface area contributed by atoms with E-state index in [4.69, 9.17) is 0 Å². The van der Waals surface area contributed by atoms with E-state index in [0.29, 0.717) is 0 Å². The van der Waals surface area contributed by atoms with Gasteiger partial charge in [-0.3, -0.25) is 0 Å². The Balaban J connectivity index is 2.86. The van der Waals surface area contributed by atoms with Gasteiger partial charge in [-0.1, -0.05) is 36.4 Å². The van der Waals surface area contributed by atoms with Crippen molar-refractivity contribution < 1.29 is 5.11 Å². The molecule has 0 aliphatic heterocycles. The van der Waals surface area contributed by atoms with Crippen LogP contribution in [-0.4, -0.2) is 5.11 Å². The summed E-state index contributed by atoms with van der Waals surface area (Å²) in [7, 11) is 0. The summed E-state index contributed by atoms with van der Waals surface area (Å²) in [5, 5.41) is 12.5. The van der Waals surface area contributed by atoms with Crippen LogP contribution in [0, 0.1) is 6.92 Å². The maximum Gasteiger partial charge on any atom is 0.0849 e. The molecule has 1 heteroatoms. The third-order valence-electron chi connectivity index (χ3n) is 2.75. The molecule has 0 atom stereocenters. The number of aliphatic hydroxyl groups is 1. The molecule has 2 aromatic rings. The zero-order valence-corrected chi connectivity index (χ0v) is 9.41. The smallest absolute Gasteiger partial charge is 0.0849 e. The van der Waals surface area contributed by atoms with Gasteiger partial charge in [-0.15, -0.1) is 0 Å². The van der Waals surface area contributed by atoms with Crippen molar-refractivity contribution in [3.63, 3.8) is 0 Å². The van der Waals surface area contributed by atoms with E-state index in [1.807, 2.05) is 32.9 Å². The number of hydrogen-bond acceptors (Lipinski definition) is 1. The molecule has 1 N–H and O–H groups in total. The highest BCUT2D eigenvalue weighted by atomic mass is 16.3. The molecule has 0 aliphatic carbocycles. The molecule has 0 heterocycles. The van der Waals surface area contributed by atoms with Gasteiger partial charge < -0.3 is 5.11 Å². The monoisotopic (exact) mass is 200 g/mol. The van der Waals surface area contributed by atoms with Gasteiger partial charge in [-0.05, 0) is 42.7 Å². The summed E-state index contributed by atoms with van der Waals surface area (Å²) in [5.41, 5.74) is 1.38. The van der Waals surface area contributed by atoms with Crippen molar-refractivity contribution in [3.8, 4) is 0 Å². The van der Waals surface area contributed by atoms with Gasteiger partial charge in [0.05, 0.1) is 5.60 Å². The lowest BCUT2D eigenvalue weighted by molar-refractivity contribution is 0.0795. The van der Waals surface area contributed by atoms with Gasteiger partial charge in [0, 0.05) is 0 Å². The first-order valence-corrected chi connectivity index (χ1v) is 5.21. The summed E-state index contributed by atoms with van der Waals surface area (Å²) in [6.07, 6.45) is 0. The molecule has 1 nitrogen and oxygen atoms in total. The van der Waals surface area contributed by atoms with E-state index in [9.17, 15) is 5.11 Å². The van der Waals surface area contributed by atoms with E-state index in [1.165, 1.54) is 5.39 Å². The first-order valence-electron chi connectivity index (χ1n) is 5.21. The van der Waals surface area contributed by atoms with Crippen LogP contribution >= 0.6 is 0 Å². The fourth-order valence-electron chi connectivity index (χ4n) is 2.19. The Labute approximate surface area is 90.4 Å². The third-order valence-corrected chi connectivity index (χ3v) is 2.75. The molecule has 0 radical (unpaired) electrons. The molecule has 0 saturated heterocycles. The third kappa shape index (κ3) is 1.75. The standard InChI is InChI=1S/C14H16O/c1-10-8-9-11-6-4-5-7-12(11)13(10)14(2,3)15/h4-9,15H,1-3H3. The van der Waals surface area contributed by atoms with E-state index < -0.39 is 5.60 Å². The minimum atomic E-state index is -0.787. The fraction of sp³-hybridized carbons (Fsp3) is 0.286. The van der Waals surface area contributed by atoms with Crippen molar-refractivity contribution >= 4 is 10.8 Å². The van der Waals surface area contributed by atoms with Crippen molar-refractivity contribution in [1.82, 2.24) is 0 Å². The van der Waals surface area contributed by atoms with Crippen molar-refractivity contribution in [2.45, 2.75) is 26.4 Å². The van der Waals surface area contributed by atoms with Crippen LogP contribution in [0.1, 0.15) is 25.0 Å². The molecule has 0 spiro atoms. The van der Waals surface area contributed by atoms with Crippen LogP contribution in [0.2, 0.25) is 0 Å². The quantitative estimate of drug-likeness (QED) is 0.748. The Bertz CT molecular complexity index is 492. The highest BCUT2D eigenvalue weighted by Gasteiger charge is 2.20. The van der Waals surface area contributed by atoms with Gasteiger partial charge in [0.15, 0.2) is 0 Å². The highest BCUT2D eigenvalue weighted by Crippen LogP contribution is 2.31. The molecule has 78 valence electrons. The molecule has 0 unspecified atom stereocenters. The normalized spacial score (nSPS) is 12.0. The van der Waals surface area contributed by atoms with Crippen molar-refractivity contribution in [1.29, 1.82) is 0 Å². The topological polar surface area (TPSA) is 20.2 Å². The Morgan fingerprint density at radius 3 is 2.33 bits per heavy atom. The summed E-state index contributed by atoms with van der Waals surface area (Å²) in [5.74, 6) is 0. The zero-order chi connectivity index (χ0) is 11.1. The maximum atomic E-state index is 10.2. The molecular formula is C14H16O. The number of rotatable bonds is 1. The first-order chi connectivity index (χ1) is 7.00. The lowest BCUT2D eigenvalue weighted by Crippen LogP contribution is -2.17. The summed E-state index contributed by atoms with van der Waals surface area (Å²) >= 11 is 0. The van der Waals surface area contributed by atoms with Crippen molar-refractivity contribution in [3.05, 3.63) is 47.5 Å². The summed E-state index contributed by atoms with van der Waals surface area (Å²) < 4.78 is 0. The Hall–Kier alpha value is -1.34. The van der Waals surface area contributed by atoms with E-state index in [1.54, 1.807) is 0 Å². The molecule has 0 aliphatic rings. The van der Waals surface area contributed by atoms with E-state index in [0.717, 1.165) is 16.5 Å². The average molecular weight is 200 g/mol. The molecule has 0 saturated carbocycles. The number of hydrogen-bond donors (Lipinski definition) is 1. The van der Waals surface area contributed by atoms with Crippen LogP contribution in [0.4, 0.5) is 0 Å².